The van der Waals surface area contributed by atoms with Gasteiger partial charge in [0, 0.05) is 16.8 Å². The number of aromatic nitrogens is 1. The molecule has 3 rings (SSSR count). The summed E-state index contributed by atoms with van der Waals surface area (Å²) in [6, 6.07) is 0. The zero-order chi connectivity index (χ0) is 14.5. The molecule has 3 heteroatoms. The molecule has 2 aliphatic carbocycles. The lowest BCUT2D eigenvalue weighted by Gasteiger charge is -2.47. The van der Waals surface area contributed by atoms with E-state index in [4.69, 9.17) is 4.98 Å². The SMILES string of the molecule is Cc1c(C=O)c(C(C)C)nc2c1C(O)CC1(CCC1)C2. The maximum Gasteiger partial charge on any atom is 0.152 e. The highest BCUT2D eigenvalue weighted by Crippen LogP contribution is 2.53. The van der Waals surface area contributed by atoms with E-state index in [1.807, 2.05) is 6.92 Å². The van der Waals surface area contributed by atoms with E-state index in [1.165, 1.54) is 19.3 Å². The van der Waals surface area contributed by atoms with E-state index >= 15 is 0 Å². The summed E-state index contributed by atoms with van der Waals surface area (Å²) in [4.78, 5) is 16.2. The fraction of sp³-hybridized carbons (Fsp3) is 0.647. The summed E-state index contributed by atoms with van der Waals surface area (Å²) < 4.78 is 0. The van der Waals surface area contributed by atoms with Crippen LogP contribution < -0.4 is 0 Å². The van der Waals surface area contributed by atoms with Gasteiger partial charge in [-0.2, -0.15) is 0 Å². The van der Waals surface area contributed by atoms with Crippen LogP contribution in [0.4, 0.5) is 0 Å². The molecule has 1 unspecified atom stereocenters. The quantitative estimate of drug-likeness (QED) is 0.839. The topological polar surface area (TPSA) is 50.2 Å². The van der Waals surface area contributed by atoms with Crippen molar-refractivity contribution in [3.05, 3.63) is 28.1 Å². The number of aliphatic hydroxyl groups excluding tert-OH is 1. The van der Waals surface area contributed by atoms with Crippen molar-refractivity contribution in [2.45, 2.75) is 64.9 Å². The van der Waals surface area contributed by atoms with Crippen molar-refractivity contribution < 1.29 is 9.90 Å². The lowest BCUT2D eigenvalue weighted by atomic mass is 9.59. The molecule has 20 heavy (non-hydrogen) atoms. The van der Waals surface area contributed by atoms with Gasteiger partial charge < -0.3 is 5.11 Å². The van der Waals surface area contributed by atoms with Crippen LogP contribution in [0.2, 0.25) is 0 Å². The first kappa shape index (κ1) is 13.7. The molecule has 0 bridgehead atoms. The van der Waals surface area contributed by atoms with Gasteiger partial charge in [0.1, 0.15) is 0 Å². The van der Waals surface area contributed by atoms with Gasteiger partial charge in [-0.25, -0.2) is 0 Å². The van der Waals surface area contributed by atoms with Crippen LogP contribution in [-0.4, -0.2) is 16.4 Å². The Morgan fingerprint density at radius 3 is 2.60 bits per heavy atom. The third-order valence-corrected chi connectivity index (χ3v) is 5.23. The monoisotopic (exact) mass is 273 g/mol. The van der Waals surface area contributed by atoms with Gasteiger partial charge in [0.2, 0.25) is 0 Å². The van der Waals surface area contributed by atoms with Crippen LogP contribution in [0.5, 0.6) is 0 Å². The molecule has 1 fully saturated rings. The molecule has 0 radical (unpaired) electrons. The van der Waals surface area contributed by atoms with Crippen LogP contribution in [-0.2, 0) is 6.42 Å². The number of hydrogen-bond donors (Lipinski definition) is 1. The molecule has 1 saturated carbocycles. The van der Waals surface area contributed by atoms with Gasteiger partial charge in [0.05, 0.1) is 11.8 Å². The van der Waals surface area contributed by atoms with Crippen molar-refractivity contribution in [3.63, 3.8) is 0 Å². The maximum absolute atomic E-state index is 11.4. The molecule has 108 valence electrons. The number of rotatable bonds is 2. The summed E-state index contributed by atoms with van der Waals surface area (Å²) in [5, 5.41) is 10.5. The number of carbonyl (C=O) groups excluding carboxylic acids is 1. The number of aliphatic hydroxyl groups is 1. The molecular weight excluding hydrogens is 250 g/mol. The van der Waals surface area contributed by atoms with Crippen molar-refractivity contribution in [1.82, 2.24) is 4.98 Å². The van der Waals surface area contributed by atoms with Crippen LogP contribution in [0, 0.1) is 12.3 Å². The molecule has 0 aliphatic heterocycles. The van der Waals surface area contributed by atoms with Gasteiger partial charge in [-0.05, 0) is 49.5 Å². The fourth-order valence-electron chi connectivity index (χ4n) is 3.98. The van der Waals surface area contributed by atoms with Gasteiger partial charge in [-0.3, -0.25) is 9.78 Å². The Hall–Kier alpha value is -1.22. The Morgan fingerprint density at radius 1 is 1.40 bits per heavy atom. The zero-order valence-electron chi connectivity index (χ0n) is 12.6. The van der Waals surface area contributed by atoms with E-state index < -0.39 is 6.10 Å². The molecule has 1 aromatic rings. The van der Waals surface area contributed by atoms with E-state index in [-0.39, 0.29) is 11.3 Å². The minimum absolute atomic E-state index is 0.232. The second kappa shape index (κ2) is 4.66. The lowest BCUT2D eigenvalue weighted by molar-refractivity contribution is 0.0240. The van der Waals surface area contributed by atoms with Crippen molar-refractivity contribution in [3.8, 4) is 0 Å². The van der Waals surface area contributed by atoms with E-state index in [2.05, 4.69) is 13.8 Å². The van der Waals surface area contributed by atoms with E-state index in [1.54, 1.807) is 0 Å². The highest BCUT2D eigenvalue weighted by molar-refractivity contribution is 5.80. The standard InChI is InChI=1S/C17H23NO2/c1-10(2)16-12(9-19)11(3)15-13(18-16)7-17(5-4-6-17)8-14(15)20/h9-10,14,20H,4-8H2,1-3H3. The summed E-state index contributed by atoms with van der Waals surface area (Å²) in [5.74, 6) is 0.232. The normalized spacial score (nSPS) is 23.6. The van der Waals surface area contributed by atoms with E-state index in [0.29, 0.717) is 5.56 Å². The molecule has 1 heterocycles. The Labute approximate surface area is 120 Å². The van der Waals surface area contributed by atoms with Crippen LogP contribution in [0.3, 0.4) is 0 Å². The summed E-state index contributed by atoms with van der Waals surface area (Å²) in [7, 11) is 0. The first-order valence-electron chi connectivity index (χ1n) is 7.64. The summed E-state index contributed by atoms with van der Waals surface area (Å²) in [6.07, 6.45) is 5.93. The van der Waals surface area contributed by atoms with Crippen molar-refractivity contribution in [2.24, 2.45) is 5.41 Å². The third kappa shape index (κ3) is 1.91. The Bertz CT molecular complexity index is 559. The molecular formula is C17H23NO2. The number of nitrogens with zero attached hydrogens (tertiary/aromatic N) is 1. The summed E-state index contributed by atoms with van der Waals surface area (Å²) in [6.45, 7) is 6.09. The van der Waals surface area contributed by atoms with Crippen molar-refractivity contribution in [1.29, 1.82) is 0 Å². The summed E-state index contributed by atoms with van der Waals surface area (Å²) >= 11 is 0. The predicted octanol–water partition coefficient (Wildman–Crippen LogP) is 3.48. The molecule has 0 saturated heterocycles. The number of fused-ring (bicyclic) bond motifs is 1. The van der Waals surface area contributed by atoms with Crippen LogP contribution in [0.1, 0.15) is 84.4 Å². The number of hydrogen-bond acceptors (Lipinski definition) is 3. The first-order chi connectivity index (χ1) is 9.47. The first-order valence-corrected chi connectivity index (χ1v) is 7.64. The minimum Gasteiger partial charge on any atom is -0.388 e. The average molecular weight is 273 g/mol. The molecule has 0 amide bonds. The van der Waals surface area contributed by atoms with Crippen LogP contribution in [0.25, 0.3) is 0 Å². The lowest BCUT2D eigenvalue weighted by Crippen LogP contribution is -2.38. The molecule has 1 spiro atoms. The summed E-state index contributed by atoms with van der Waals surface area (Å²) in [5.41, 5.74) is 4.75. The minimum atomic E-state index is -0.452. The molecule has 1 N–H and O–H groups in total. The van der Waals surface area contributed by atoms with E-state index in [9.17, 15) is 9.90 Å². The second-order valence-corrected chi connectivity index (χ2v) is 6.92. The second-order valence-electron chi connectivity index (χ2n) is 6.92. The van der Waals surface area contributed by atoms with E-state index in [0.717, 1.165) is 41.6 Å². The smallest absolute Gasteiger partial charge is 0.152 e. The van der Waals surface area contributed by atoms with Crippen LogP contribution in [0.15, 0.2) is 0 Å². The molecule has 2 aliphatic rings. The number of pyridine rings is 1. The Balaban J connectivity index is 2.15. The van der Waals surface area contributed by atoms with Crippen molar-refractivity contribution >= 4 is 6.29 Å². The zero-order valence-corrected chi connectivity index (χ0v) is 12.6. The molecule has 1 atom stereocenters. The van der Waals surface area contributed by atoms with Crippen LogP contribution >= 0.6 is 0 Å². The maximum atomic E-state index is 11.4. The predicted molar refractivity (Wildman–Crippen MR) is 78.0 cm³/mol. The number of aldehydes is 1. The molecule has 1 aromatic heterocycles. The van der Waals surface area contributed by atoms with Crippen molar-refractivity contribution in [2.75, 3.05) is 0 Å². The van der Waals surface area contributed by atoms with Gasteiger partial charge in [-0.15, -0.1) is 0 Å². The number of carbonyl (C=O) groups is 1. The highest BCUT2D eigenvalue weighted by atomic mass is 16.3. The highest BCUT2D eigenvalue weighted by Gasteiger charge is 2.44. The Kier molecular flexibility index (Phi) is 3.20. The van der Waals surface area contributed by atoms with Gasteiger partial charge in [-0.1, -0.05) is 20.3 Å². The molecule has 0 aromatic carbocycles. The van der Waals surface area contributed by atoms with Gasteiger partial charge >= 0.3 is 0 Å². The Morgan fingerprint density at radius 2 is 2.10 bits per heavy atom. The van der Waals surface area contributed by atoms with Gasteiger partial charge in [0.15, 0.2) is 6.29 Å². The largest absolute Gasteiger partial charge is 0.388 e. The average Bonchev–Trinajstić information content (AvgIpc) is 2.35. The molecule has 3 nitrogen and oxygen atoms in total. The van der Waals surface area contributed by atoms with Gasteiger partial charge in [0.25, 0.3) is 0 Å². The fourth-order valence-corrected chi connectivity index (χ4v) is 3.98. The third-order valence-electron chi connectivity index (χ3n) is 5.23.